The van der Waals surface area contributed by atoms with Crippen molar-refractivity contribution in [3.8, 4) is 0 Å². The lowest BCUT2D eigenvalue weighted by Crippen LogP contribution is -1.93. The van der Waals surface area contributed by atoms with Gasteiger partial charge in [0.25, 0.3) is 0 Å². The second-order valence-corrected chi connectivity index (χ2v) is 3.16. The smallest absolute Gasteiger partial charge is 0.154 e. The van der Waals surface area contributed by atoms with Crippen LogP contribution < -0.4 is 0 Å². The van der Waals surface area contributed by atoms with Crippen LogP contribution in [0.5, 0.6) is 0 Å². The number of halogens is 1. The van der Waals surface area contributed by atoms with E-state index in [-0.39, 0.29) is 0 Å². The number of rotatable bonds is 0. The van der Waals surface area contributed by atoms with Crippen molar-refractivity contribution in [2.24, 2.45) is 0 Å². The lowest BCUT2D eigenvalue weighted by molar-refractivity contribution is 0.894. The molecule has 0 bridgehead atoms. The van der Waals surface area contributed by atoms with E-state index in [1.54, 1.807) is 10.7 Å². The van der Waals surface area contributed by atoms with Gasteiger partial charge in [-0.15, -0.1) is 0 Å². The molecule has 0 aromatic carbocycles. The average Bonchev–Trinajstić information content (AvgIpc) is 2.36. The highest BCUT2D eigenvalue weighted by Gasteiger charge is 1.99. The summed E-state index contributed by atoms with van der Waals surface area (Å²) in [5.41, 5.74) is 1.83. The van der Waals surface area contributed by atoms with Gasteiger partial charge in [0, 0.05) is 16.9 Å². The first-order chi connectivity index (χ1) is 5.27. The Labute approximate surface area is 72.2 Å². The first kappa shape index (κ1) is 6.79. The molecule has 0 N–H and O–H groups in total. The molecule has 0 aliphatic carbocycles. The van der Waals surface area contributed by atoms with Gasteiger partial charge in [-0.25, -0.2) is 9.50 Å². The maximum Gasteiger partial charge on any atom is 0.154 e. The van der Waals surface area contributed by atoms with Gasteiger partial charge in [-0.05, 0) is 28.9 Å². The van der Waals surface area contributed by atoms with Crippen LogP contribution in [0.1, 0.15) is 5.69 Å². The minimum atomic E-state index is 0.863. The topological polar surface area (TPSA) is 30.2 Å². The molecule has 0 amide bonds. The fraction of sp³-hybridized carbons (Fsp3) is 0.143. The molecule has 0 atom stereocenters. The Morgan fingerprint density at radius 2 is 2.36 bits per heavy atom. The van der Waals surface area contributed by atoms with Gasteiger partial charge < -0.3 is 0 Å². The molecule has 0 spiro atoms. The summed E-state index contributed by atoms with van der Waals surface area (Å²) >= 11 is 3.39. The predicted octanol–water partition coefficient (Wildman–Crippen LogP) is 1.80. The summed E-state index contributed by atoms with van der Waals surface area (Å²) in [6.45, 7) is 1.95. The lowest BCUT2D eigenvalue weighted by atomic mass is 10.4. The molecule has 0 aliphatic heterocycles. The Bertz CT molecular complexity index is 357. The van der Waals surface area contributed by atoms with E-state index in [0.29, 0.717) is 0 Å². The molecular formula is C7H6BrN3. The molecule has 3 nitrogen and oxygen atoms in total. The monoisotopic (exact) mass is 211 g/mol. The largest absolute Gasteiger partial charge is 0.235 e. The molecule has 2 aromatic heterocycles. The van der Waals surface area contributed by atoms with E-state index in [1.165, 1.54) is 0 Å². The zero-order chi connectivity index (χ0) is 7.84. The normalized spacial score (nSPS) is 10.7. The van der Waals surface area contributed by atoms with E-state index < -0.39 is 0 Å². The molecular weight excluding hydrogens is 206 g/mol. The molecule has 0 aliphatic rings. The molecule has 4 heteroatoms. The molecule has 2 aromatic rings. The van der Waals surface area contributed by atoms with Crippen LogP contribution >= 0.6 is 15.9 Å². The molecule has 56 valence electrons. The SMILES string of the molecule is Cc1nn2ccnc2cc1Br. The second-order valence-electron chi connectivity index (χ2n) is 2.31. The molecule has 11 heavy (non-hydrogen) atoms. The van der Waals surface area contributed by atoms with E-state index in [1.807, 2.05) is 19.2 Å². The summed E-state index contributed by atoms with van der Waals surface area (Å²) in [7, 11) is 0. The van der Waals surface area contributed by atoms with Crippen molar-refractivity contribution >= 4 is 21.6 Å². The number of imidazole rings is 1. The number of nitrogens with zero attached hydrogens (tertiary/aromatic N) is 3. The van der Waals surface area contributed by atoms with Crippen LogP contribution in [-0.2, 0) is 0 Å². The standard InChI is InChI=1S/C7H6BrN3/c1-5-6(8)4-7-9-2-3-11(7)10-5/h2-4H,1H3. The number of aromatic nitrogens is 3. The highest BCUT2D eigenvalue weighted by molar-refractivity contribution is 9.10. The minimum absolute atomic E-state index is 0.863. The summed E-state index contributed by atoms with van der Waals surface area (Å²) in [6, 6.07) is 1.95. The van der Waals surface area contributed by atoms with Crippen molar-refractivity contribution in [3.63, 3.8) is 0 Å². The van der Waals surface area contributed by atoms with Crippen LogP contribution in [0.2, 0.25) is 0 Å². The summed E-state index contributed by atoms with van der Waals surface area (Å²) in [4.78, 5) is 4.09. The van der Waals surface area contributed by atoms with E-state index >= 15 is 0 Å². The van der Waals surface area contributed by atoms with E-state index in [2.05, 4.69) is 26.0 Å². The molecule has 2 rings (SSSR count). The van der Waals surface area contributed by atoms with Gasteiger partial charge in [0.2, 0.25) is 0 Å². The maximum atomic E-state index is 4.24. The first-order valence-electron chi connectivity index (χ1n) is 3.24. The molecule has 0 fully saturated rings. The van der Waals surface area contributed by atoms with E-state index in [0.717, 1.165) is 15.8 Å². The van der Waals surface area contributed by atoms with Crippen LogP contribution in [0.3, 0.4) is 0 Å². The summed E-state index contributed by atoms with van der Waals surface area (Å²) < 4.78 is 2.75. The van der Waals surface area contributed by atoms with Crippen molar-refractivity contribution in [2.75, 3.05) is 0 Å². The summed E-state index contributed by atoms with van der Waals surface area (Å²) in [6.07, 6.45) is 3.56. The van der Waals surface area contributed by atoms with Crippen LogP contribution in [0.4, 0.5) is 0 Å². The van der Waals surface area contributed by atoms with Gasteiger partial charge in [-0.1, -0.05) is 0 Å². The fourth-order valence-corrected chi connectivity index (χ4v) is 1.21. The number of hydrogen-bond acceptors (Lipinski definition) is 2. The number of aryl methyl sites for hydroxylation is 1. The Morgan fingerprint density at radius 3 is 3.18 bits per heavy atom. The Morgan fingerprint density at radius 1 is 1.55 bits per heavy atom. The minimum Gasteiger partial charge on any atom is -0.235 e. The third kappa shape index (κ3) is 1.03. The Balaban J connectivity index is 2.86. The first-order valence-corrected chi connectivity index (χ1v) is 4.03. The number of fused-ring (bicyclic) bond motifs is 1. The van der Waals surface area contributed by atoms with Gasteiger partial charge in [0.1, 0.15) is 0 Å². The van der Waals surface area contributed by atoms with Crippen LogP contribution in [0.15, 0.2) is 22.9 Å². The zero-order valence-corrected chi connectivity index (χ0v) is 7.54. The van der Waals surface area contributed by atoms with Crippen molar-refractivity contribution in [2.45, 2.75) is 6.92 Å². The van der Waals surface area contributed by atoms with Crippen LogP contribution in [-0.4, -0.2) is 14.6 Å². The molecule has 0 radical (unpaired) electrons. The summed E-state index contributed by atoms with van der Waals surface area (Å²) in [5, 5.41) is 4.24. The fourth-order valence-electron chi connectivity index (χ4n) is 0.923. The predicted molar refractivity (Wildman–Crippen MR) is 45.4 cm³/mol. The highest BCUT2D eigenvalue weighted by Crippen LogP contribution is 2.14. The van der Waals surface area contributed by atoms with Gasteiger partial charge in [0.05, 0.1) is 5.69 Å². The van der Waals surface area contributed by atoms with Crippen molar-refractivity contribution < 1.29 is 0 Å². The quantitative estimate of drug-likeness (QED) is 0.666. The Hall–Kier alpha value is -0.900. The van der Waals surface area contributed by atoms with E-state index in [4.69, 9.17) is 0 Å². The molecule has 0 saturated heterocycles. The molecule has 0 unspecified atom stereocenters. The summed E-state index contributed by atoms with van der Waals surface area (Å²) in [5.74, 6) is 0. The second kappa shape index (κ2) is 2.30. The van der Waals surface area contributed by atoms with Crippen molar-refractivity contribution in [3.05, 3.63) is 28.6 Å². The van der Waals surface area contributed by atoms with Gasteiger partial charge in [-0.3, -0.25) is 0 Å². The third-order valence-corrected chi connectivity index (χ3v) is 2.31. The van der Waals surface area contributed by atoms with Gasteiger partial charge >= 0.3 is 0 Å². The number of hydrogen-bond donors (Lipinski definition) is 0. The van der Waals surface area contributed by atoms with Crippen molar-refractivity contribution in [1.82, 2.24) is 14.6 Å². The van der Waals surface area contributed by atoms with E-state index in [9.17, 15) is 0 Å². The van der Waals surface area contributed by atoms with Crippen LogP contribution in [0, 0.1) is 6.92 Å². The van der Waals surface area contributed by atoms with Gasteiger partial charge in [-0.2, -0.15) is 5.10 Å². The van der Waals surface area contributed by atoms with Gasteiger partial charge in [0.15, 0.2) is 5.65 Å². The third-order valence-electron chi connectivity index (χ3n) is 1.51. The lowest BCUT2D eigenvalue weighted by Gasteiger charge is -1.96. The van der Waals surface area contributed by atoms with Crippen LogP contribution in [0.25, 0.3) is 5.65 Å². The highest BCUT2D eigenvalue weighted by atomic mass is 79.9. The molecule has 0 saturated carbocycles. The van der Waals surface area contributed by atoms with Crippen molar-refractivity contribution in [1.29, 1.82) is 0 Å². The maximum absolute atomic E-state index is 4.24. The molecule has 2 heterocycles. The zero-order valence-electron chi connectivity index (χ0n) is 5.95. The average molecular weight is 212 g/mol. The Kier molecular flexibility index (Phi) is 1.42.